The summed E-state index contributed by atoms with van der Waals surface area (Å²) in [6, 6.07) is 14.0. The van der Waals surface area contributed by atoms with Gasteiger partial charge in [0.1, 0.15) is 35.2 Å². The van der Waals surface area contributed by atoms with E-state index in [0.29, 0.717) is 36.2 Å². The number of nitrogens with zero attached hydrogens (tertiary/aromatic N) is 4. The number of hydrogen-bond donors (Lipinski definition) is 5. The van der Waals surface area contributed by atoms with Gasteiger partial charge in [-0.15, -0.1) is 0 Å². The second kappa shape index (κ2) is 17.3. The summed E-state index contributed by atoms with van der Waals surface area (Å²) >= 11 is 0. The van der Waals surface area contributed by atoms with E-state index in [9.17, 15) is 19.2 Å². The largest absolute Gasteiger partial charge is 0.477 e. The Labute approximate surface area is 369 Å². The van der Waals surface area contributed by atoms with Crippen LogP contribution in [0.15, 0.2) is 71.6 Å². The highest BCUT2D eigenvalue weighted by Gasteiger charge is 2.40. The minimum Gasteiger partial charge on any atom is -0.477 e. The van der Waals surface area contributed by atoms with E-state index in [1.165, 1.54) is 14.2 Å². The molecule has 0 aliphatic carbocycles. The molecule has 3 unspecified atom stereocenters. The Morgan fingerprint density at radius 3 is 1.84 bits per heavy atom. The molecule has 17 nitrogen and oxygen atoms in total. The number of aromatic nitrogens is 5. The van der Waals surface area contributed by atoms with Crippen molar-refractivity contribution in [2.75, 3.05) is 27.3 Å². The van der Waals surface area contributed by atoms with Gasteiger partial charge in [0.2, 0.25) is 11.8 Å². The molecule has 17 heteroatoms. The van der Waals surface area contributed by atoms with Crippen LogP contribution in [0, 0.1) is 11.8 Å². The van der Waals surface area contributed by atoms with Crippen molar-refractivity contribution in [1.82, 2.24) is 45.4 Å². The average molecular weight is 872 g/mol. The number of likely N-dealkylation sites (tertiary alicyclic amines) is 2. The van der Waals surface area contributed by atoms with Crippen LogP contribution in [0.2, 0.25) is 0 Å². The molecule has 2 saturated heterocycles. The van der Waals surface area contributed by atoms with Gasteiger partial charge in [0, 0.05) is 46.2 Å². The van der Waals surface area contributed by atoms with Crippen LogP contribution in [0.1, 0.15) is 94.5 Å². The van der Waals surface area contributed by atoms with Gasteiger partial charge >= 0.3 is 12.2 Å². The summed E-state index contributed by atoms with van der Waals surface area (Å²) in [6.45, 7) is 8.70. The molecule has 0 bridgehead atoms. The first-order valence-corrected chi connectivity index (χ1v) is 21.8. The number of hydrogen-bond acceptors (Lipinski definition) is 10. The zero-order chi connectivity index (χ0) is 44.8. The Bertz CT molecular complexity index is 2700. The molecule has 3 aliphatic heterocycles. The maximum atomic E-state index is 13.8. The van der Waals surface area contributed by atoms with Crippen molar-refractivity contribution in [3.63, 3.8) is 0 Å². The van der Waals surface area contributed by atoms with Crippen LogP contribution in [-0.2, 0) is 19.1 Å². The number of methoxy groups -OCH3 is 2. The molecule has 3 aliphatic rings. The van der Waals surface area contributed by atoms with Gasteiger partial charge in [-0.3, -0.25) is 9.59 Å². The summed E-state index contributed by atoms with van der Waals surface area (Å²) < 4.78 is 22.4. The quantitative estimate of drug-likeness (QED) is 0.0853. The lowest BCUT2D eigenvalue weighted by Gasteiger charge is -2.30. The average Bonchev–Trinajstić information content (AvgIpc) is 4.15. The van der Waals surface area contributed by atoms with E-state index in [1.54, 1.807) is 28.5 Å². The number of fused-ring (bicyclic) bond motifs is 5. The van der Waals surface area contributed by atoms with Crippen molar-refractivity contribution < 1.29 is 37.8 Å². The number of amides is 4. The molecule has 6 aromatic rings. The molecule has 334 valence electrons. The fourth-order valence-corrected chi connectivity index (χ4v) is 9.38. The number of imidazole rings is 2. The van der Waals surface area contributed by atoms with Gasteiger partial charge in [-0.1, -0.05) is 39.8 Å². The summed E-state index contributed by atoms with van der Waals surface area (Å²) in [6.07, 6.45) is 6.48. The number of alkyl carbamates (subject to hydrolysis) is 2. The van der Waals surface area contributed by atoms with Crippen LogP contribution in [0.3, 0.4) is 0 Å². The highest BCUT2D eigenvalue weighted by atomic mass is 16.5. The van der Waals surface area contributed by atoms with Crippen LogP contribution in [0.4, 0.5) is 9.59 Å². The number of ether oxygens (including phenoxy) is 3. The first kappa shape index (κ1) is 42.3. The third-order valence-corrected chi connectivity index (χ3v) is 12.7. The fraction of sp³-hybridized carbons (Fsp3) is 0.404. The normalized spacial score (nSPS) is 19.0. The molecule has 0 spiro atoms. The molecule has 0 radical (unpaired) electrons. The third kappa shape index (κ3) is 7.72. The van der Waals surface area contributed by atoms with E-state index < -0.39 is 30.4 Å². The van der Waals surface area contributed by atoms with Gasteiger partial charge < -0.3 is 54.0 Å². The number of H-pyrrole nitrogens is 3. The molecule has 2 aromatic carbocycles. The molecule has 4 amide bonds. The standard InChI is InChI=1S/C47H53N9O8/c1-24(2)38(53-46(59)61-5)44(57)55-17-7-10-33(55)42-48-22-31(51-42)26-14-16-30-29(20-26)37-40(50-30)28-15-13-27(21-36(28)64-41(37)35-12-9-19-63-35)32-23-49-43(52-32)34-11-8-18-56(34)45(58)39(25(3)4)54-47(60)62-6/h9,12-16,19-25,33-34,38-39,41,50H,7-8,10-11,17-18H2,1-6H3,(H,48,51)(H,49,52)(H,53,59)(H,54,60)/t33-,34-,38?,39?,41?/m0/s1. The van der Waals surface area contributed by atoms with Gasteiger partial charge in [-0.25, -0.2) is 19.6 Å². The van der Waals surface area contributed by atoms with Gasteiger partial charge in [-0.2, -0.15) is 0 Å². The Hall–Kier alpha value is -7.04. The van der Waals surface area contributed by atoms with E-state index in [1.807, 2.05) is 70.2 Å². The second-order valence-electron chi connectivity index (χ2n) is 17.4. The van der Waals surface area contributed by atoms with E-state index in [-0.39, 0.29) is 35.7 Å². The van der Waals surface area contributed by atoms with Gasteiger partial charge in [0.15, 0.2) is 6.10 Å². The van der Waals surface area contributed by atoms with Gasteiger partial charge in [-0.05, 0) is 73.9 Å². The number of nitrogens with one attached hydrogen (secondary N) is 5. The molecular weight excluding hydrogens is 819 g/mol. The van der Waals surface area contributed by atoms with E-state index in [0.717, 1.165) is 75.9 Å². The summed E-state index contributed by atoms with van der Waals surface area (Å²) in [5, 5.41) is 6.38. The lowest BCUT2D eigenvalue weighted by molar-refractivity contribution is -0.136. The topological polar surface area (TPSA) is 213 Å². The van der Waals surface area contributed by atoms with Crippen LogP contribution < -0.4 is 15.4 Å². The first-order valence-electron chi connectivity index (χ1n) is 21.8. The van der Waals surface area contributed by atoms with Crippen LogP contribution in [0.5, 0.6) is 5.75 Å². The van der Waals surface area contributed by atoms with Crippen molar-refractivity contribution in [2.24, 2.45) is 11.8 Å². The highest BCUT2D eigenvalue weighted by molar-refractivity contribution is 5.96. The molecule has 64 heavy (non-hydrogen) atoms. The number of carbonyl (C=O) groups is 4. The summed E-state index contributed by atoms with van der Waals surface area (Å²) in [5.41, 5.74) is 7.01. The summed E-state index contributed by atoms with van der Waals surface area (Å²) in [5.74, 6) is 2.07. The predicted octanol–water partition coefficient (Wildman–Crippen LogP) is 7.78. The zero-order valence-electron chi connectivity index (χ0n) is 36.7. The molecule has 7 heterocycles. The maximum Gasteiger partial charge on any atom is 0.407 e. The van der Waals surface area contributed by atoms with Crippen molar-refractivity contribution >= 4 is 34.9 Å². The van der Waals surface area contributed by atoms with Crippen molar-refractivity contribution in [3.05, 3.63) is 90.2 Å². The molecule has 9 rings (SSSR count). The van der Waals surface area contributed by atoms with E-state index in [4.69, 9.17) is 28.6 Å². The van der Waals surface area contributed by atoms with Crippen molar-refractivity contribution in [1.29, 1.82) is 0 Å². The van der Waals surface area contributed by atoms with E-state index in [2.05, 4.69) is 31.7 Å². The number of furan rings is 1. The smallest absolute Gasteiger partial charge is 0.407 e. The molecule has 2 fully saturated rings. The highest BCUT2D eigenvalue weighted by Crippen LogP contribution is 2.49. The second-order valence-corrected chi connectivity index (χ2v) is 17.4. The number of aromatic amines is 3. The number of rotatable bonds is 11. The lowest BCUT2D eigenvalue weighted by Crippen LogP contribution is -2.51. The SMILES string of the molecule is COC(=O)NC(C(=O)N1CCC[C@H]1c1ncc(-c2ccc3c(c2)OC(c2ccco2)c2c-3[nH]c3ccc(-c4cnc([C@@H]5CCCN5C(=O)C(NC(=O)OC)C(C)C)[nH]4)cc23)[nH]1)C(C)C. The van der Waals surface area contributed by atoms with Crippen LogP contribution in [0.25, 0.3) is 44.7 Å². The van der Waals surface area contributed by atoms with Crippen LogP contribution >= 0.6 is 0 Å². The maximum absolute atomic E-state index is 13.8. The molecule has 5 N–H and O–H groups in total. The molecular formula is C47H53N9O8. The Balaban J connectivity index is 0.997. The van der Waals surface area contributed by atoms with Crippen molar-refractivity contribution in [3.8, 4) is 39.5 Å². The zero-order valence-corrected chi connectivity index (χ0v) is 36.7. The number of benzene rings is 2. The van der Waals surface area contributed by atoms with Crippen molar-refractivity contribution in [2.45, 2.75) is 83.6 Å². The predicted molar refractivity (Wildman–Crippen MR) is 236 cm³/mol. The van der Waals surface area contributed by atoms with Crippen LogP contribution in [-0.4, -0.2) is 98.1 Å². The lowest BCUT2D eigenvalue weighted by atomic mass is 9.94. The monoisotopic (exact) mass is 871 g/mol. The Morgan fingerprint density at radius 2 is 1.31 bits per heavy atom. The minimum absolute atomic E-state index is 0.136. The third-order valence-electron chi connectivity index (χ3n) is 12.7. The number of carbonyl (C=O) groups excluding carboxylic acids is 4. The van der Waals surface area contributed by atoms with Gasteiger partial charge in [0.25, 0.3) is 0 Å². The molecule has 0 saturated carbocycles. The summed E-state index contributed by atoms with van der Waals surface area (Å²) in [4.78, 5) is 75.5. The minimum atomic E-state index is -0.726. The Kier molecular flexibility index (Phi) is 11.4. The Morgan fingerprint density at radius 1 is 0.750 bits per heavy atom. The summed E-state index contributed by atoms with van der Waals surface area (Å²) in [7, 11) is 2.57. The first-order chi connectivity index (χ1) is 30.9. The fourth-order valence-electron chi connectivity index (χ4n) is 9.38. The van der Waals surface area contributed by atoms with E-state index >= 15 is 0 Å². The molecule has 5 atom stereocenters. The molecule has 4 aromatic heterocycles. The van der Waals surface area contributed by atoms with Gasteiger partial charge in [0.05, 0.1) is 62.0 Å².